The fourth-order valence-electron chi connectivity index (χ4n) is 1.58. The van der Waals surface area contributed by atoms with Crippen LogP contribution in [0, 0.1) is 12.8 Å². The summed E-state index contributed by atoms with van der Waals surface area (Å²) < 4.78 is 0. The first kappa shape index (κ1) is 13.4. The van der Waals surface area contributed by atoms with Gasteiger partial charge in [0, 0.05) is 17.9 Å². The van der Waals surface area contributed by atoms with Crippen LogP contribution in [0.4, 0.5) is 11.4 Å². The maximum absolute atomic E-state index is 11.0. The predicted octanol–water partition coefficient (Wildman–Crippen LogP) is 2.73. The molecular formula is C13H20N2O2. The molecule has 0 fully saturated rings. The Morgan fingerprint density at radius 3 is 2.65 bits per heavy atom. The van der Waals surface area contributed by atoms with Crippen LogP contribution in [0.5, 0.6) is 0 Å². The van der Waals surface area contributed by atoms with Gasteiger partial charge in [0.05, 0.1) is 5.56 Å². The summed E-state index contributed by atoms with van der Waals surface area (Å²) in [5, 5.41) is 12.2. The molecule has 0 aliphatic carbocycles. The summed E-state index contributed by atoms with van der Waals surface area (Å²) in [6.45, 7) is 6.95. The fraction of sp³-hybridized carbons (Fsp3) is 0.462. The van der Waals surface area contributed by atoms with Gasteiger partial charge in [-0.05, 0) is 37.0 Å². The minimum atomic E-state index is -0.988. The van der Waals surface area contributed by atoms with Crippen LogP contribution in [0.2, 0.25) is 0 Å². The number of aryl methyl sites for hydroxylation is 1. The van der Waals surface area contributed by atoms with Crippen LogP contribution >= 0.6 is 0 Å². The molecule has 1 aromatic carbocycles. The third-order valence-electron chi connectivity index (χ3n) is 2.67. The van der Waals surface area contributed by atoms with Crippen molar-refractivity contribution >= 4 is 17.3 Å². The van der Waals surface area contributed by atoms with Crippen LogP contribution in [0.15, 0.2) is 12.1 Å². The Labute approximate surface area is 102 Å². The van der Waals surface area contributed by atoms with E-state index in [9.17, 15) is 4.79 Å². The lowest BCUT2D eigenvalue weighted by Crippen LogP contribution is -2.09. The van der Waals surface area contributed by atoms with Crippen molar-refractivity contribution in [2.24, 2.45) is 5.92 Å². The van der Waals surface area contributed by atoms with Gasteiger partial charge in [-0.2, -0.15) is 0 Å². The van der Waals surface area contributed by atoms with Crippen LogP contribution < -0.4 is 11.1 Å². The molecule has 0 saturated heterocycles. The number of carboxylic acid groups (broad SMARTS) is 1. The van der Waals surface area contributed by atoms with Crippen LogP contribution in [-0.2, 0) is 0 Å². The molecule has 1 rings (SSSR count). The number of carboxylic acids is 1. The zero-order chi connectivity index (χ0) is 13.0. The first-order valence-electron chi connectivity index (χ1n) is 5.79. The molecule has 0 heterocycles. The van der Waals surface area contributed by atoms with Crippen LogP contribution in [0.3, 0.4) is 0 Å². The molecule has 0 aliphatic heterocycles. The second-order valence-electron chi connectivity index (χ2n) is 4.67. The highest BCUT2D eigenvalue weighted by molar-refractivity contribution is 5.95. The van der Waals surface area contributed by atoms with Gasteiger partial charge in [0.2, 0.25) is 0 Å². The number of aromatic carboxylic acids is 1. The van der Waals surface area contributed by atoms with Gasteiger partial charge in [-0.1, -0.05) is 13.8 Å². The summed E-state index contributed by atoms with van der Waals surface area (Å²) in [7, 11) is 0. The SMILES string of the molecule is Cc1cc(NCCC(C)C)cc(C(=O)O)c1N. The minimum Gasteiger partial charge on any atom is -0.478 e. The van der Waals surface area contributed by atoms with Crippen molar-refractivity contribution < 1.29 is 9.90 Å². The van der Waals surface area contributed by atoms with E-state index in [1.807, 2.05) is 13.0 Å². The first-order valence-corrected chi connectivity index (χ1v) is 5.79. The fourth-order valence-corrected chi connectivity index (χ4v) is 1.58. The lowest BCUT2D eigenvalue weighted by Gasteiger charge is -2.12. The van der Waals surface area contributed by atoms with Crippen molar-refractivity contribution in [1.29, 1.82) is 0 Å². The quantitative estimate of drug-likeness (QED) is 0.687. The predicted molar refractivity (Wildman–Crippen MR) is 70.5 cm³/mol. The minimum absolute atomic E-state index is 0.164. The largest absolute Gasteiger partial charge is 0.478 e. The third kappa shape index (κ3) is 3.66. The van der Waals surface area contributed by atoms with E-state index in [2.05, 4.69) is 19.2 Å². The molecule has 4 nitrogen and oxygen atoms in total. The van der Waals surface area contributed by atoms with E-state index in [1.165, 1.54) is 0 Å². The Morgan fingerprint density at radius 1 is 1.47 bits per heavy atom. The Kier molecular flexibility index (Phi) is 4.37. The Balaban J connectivity index is 2.84. The molecule has 0 aliphatic rings. The molecule has 0 amide bonds. The van der Waals surface area contributed by atoms with E-state index in [-0.39, 0.29) is 5.56 Å². The number of hydrogen-bond donors (Lipinski definition) is 3. The Morgan fingerprint density at radius 2 is 2.12 bits per heavy atom. The summed E-state index contributed by atoms with van der Waals surface area (Å²) in [4.78, 5) is 11.0. The van der Waals surface area contributed by atoms with Gasteiger partial charge >= 0.3 is 5.97 Å². The van der Waals surface area contributed by atoms with Crippen molar-refractivity contribution in [3.05, 3.63) is 23.3 Å². The monoisotopic (exact) mass is 236 g/mol. The number of rotatable bonds is 5. The number of benzene rings is 1. The average Bonchev–Trinajstić information content (AvgIpc) is 2.22. The lowest BCUT2D eigenvalue weighted by molar-refractivity contribution is 0.0698. The molecule has 0 unspecified atom stereocenters. The van der Waals surface area contributed by atoms with Crippen molar-refractivity contribution in [2.75, 3.05) is 17.6 Å². The van der Waals surface area contributed by atoms with Gasteiger partial charge in [-0.15, -0.1) is 0 Å². The Bertz CT molecular complexity index is 414. The standard InChI is InChI=1S/C13H20N2O2/c1-8(2)4-5-15-10-6-9(3)12(14)11(7-10)13(16)17/h6-8,15H,4-5,14H2,1-3H3,(H,16,17). The molecule has 4 heteroatoms. The molecule has 0 aromatic heterocycles. The molecule has 0 atom stereocenters. The number of anilines is 2. The number of hydrogen-bond acceptors (Lipinski definition) is 3. The van der Waals surface area contributed by atoms with Gasteiger partial charge in [-0.3, -0.25) is 0 Å². The van der Waals surface area contributed by atoms with E-state index in [4.69, 9.17) is 10.8 Å². The summed E-state index contributed by atoms with van der Waals surface area (Å²) in [6.07, 6.45) is 1.05. The lowest BCUT2D eigenvalue weighted by atomic mass is 10.1. The molecule has 94 valence electrons. The third-order valence-corrected chi connectivity index (χ3v) is 2.67. The summed E-state index contributed by atoms with van der Waals surface area (Å²) in [6, 6.07) is 3.47. The number of nitrogens with two attached hydrogens (primary N) is 1. The zero-order valence-electron chi connectivity index (χ0n) is 10.6. The Hall–Kier alpha value is -1.71. The molecule has 17 heavy (non-hydrogen) atoms. The summed E-state index contributed by atoms with van der Waals surface area (Å²) in [5.74, 6) is -0.366. The van der Waals surface area contributed by atoms with Crippen molar-refractivity contribution in [2.45, 2.75) is 27.2 Å². The molecular weight excluding hydrogens is 216 g/mol. The summed E-state index contributed by atoms with van der Waals surface area (Å²) >= 11 is 0. The van der Waals surface area contributed by atoms with Crippen LogP contribution in [0.25, 0.3) is 0 Å². The van der Waals surface area contributed by atoms with Crippen molar-refractivity contribution in [1.82, 2.24) is 0 Å². The van der Waals surface area contributed by atoms with E-state index in [1.54, 1.807) is 6.07 Å². The average molecular weight is 236 g/mol. The molecule has 0 spiro atoms. The number of carbonyl (C=O) groups is 1. The van der Waals surface area contributed by atoms with Gasteiger partial charge in [0.25, 0.3) is 0 Å². The van der Waals surface area contributed by atoms with Gasteiger partial charge < -0.3 is 16.2 Å². The second-order valence-corrected chi connectivity index (χ2v) is 4.67. The molecule has 1 aromatic rings. The van der Waals surface area contributed by atoms with Gasteiger partial charge in [-0.25, -0.2) is 4.79 Å². The van der Waals surface area contributed by atoms with E-state index in [0.29, 0.717) is 11.6 Å². The van der Waals surface area contributed by atoms with Crippen LogP contribution in [-0.4, -0.2) is 17.6 Å². The van der Waals surface area contributed by atoms with Crippen LogP contribution in [0.1, 0.15) is 36.2 Å². The molecule has 4 N–H and O–H groups in total. The second kappa shape index (κ2) is 5.57. The van der Waals surface area contributed by atoms with E-state index >= 15 is 0 Å². The van der Waals surface area contributed by atoms with E-state index < -0.39 is 5.97 Å². The highest BCUT2D eigenvalue weighted by atomic mass is 16.4. The highest BCUT2D eigenvalue weighted by Gasteiger charge is 2.11. The molecule has 0 saturated carbocycles. The maximum atomic E-state index is 11.0. The van der Waals surface area contributed by atoms with Crippen molar-refractivity contribution in [3.8, 4) is 0 Å². The van der Waals surface area contributed by atoms with E-state index in [0.717, 1.165) is 24.2 Å². The summed E-state index contributed by atoms with van der Waals surface area (Å²) in [5.41, 5.74) is 7.83. The smallest absolute Gasteiger partial charge is 0.337 e. The van der Waals surface area contributed by atoms with Crippen molar-refractivity contribution in [3.63, 3.8) is 0 Å². The number of nitrogen functional groups attached to an aromatic ring is 1. The highest BCUT2D eigenvalue weighted by Crippen LogP contribution is 2.22. The normalized spacial score (nSPS) is 10.6. The van der Waals surface area contributed by atoms with Gasteiger partial charge in [0.1, 0.15) is 0 Å². The molecule has 0 radical (unpaired) electrons. The molecule has 0 bridgehead atoms. The van der Waals surface area contributed by atoms with Gasteiger partial charge in [0.15, 0.2) is 0 Å². The topological polar surface area (TPSA) is 75.3 Å². The zero-order valence-corrected chi connectivity index (χ0v) is 10.6. The maximum Gasteiger partial charge on any atom is 0.337 e. The number of nitrogens with one attached hydrogen (secondary N) is 1. The first-order chi connectivity index (χ1) is 7.91.